The lowest BCUT2D eigenvalue weighted by Crippen LogP contribution is -2.13. The van der Waals surface area contributed by atoms with Crippen molar-refractivity contribution < 1.29 is 17.3 Å². The number of nitrogens with one attached hydrogen (secondary N) is 1. The van der Waals surface area contributed by atoms with Crippen molar-refractivity contribution in [1.29, 1.82) is 0 Å². The van der Waals surface area contributed by atoms with Crippen LogP contribution in [0, 0.1) is 26.6 Å². The van der Waals surface area contributed by atoms with E-state index in [1.807, 2.05) is 13.8 Å². The Morgan fingerprint density at radius 3 is 2.42 bits per heavy atom. The summed E-state index contributed by atoms with van der Waals surface area (Å²) in [5.41, 5.74) is 1.95. The summed E-state index contributed by atoms with van der Waals surface area (Å²) in [5.74, 6) is 0.145. The fourth-order valence-electron chi connectivity index (χ4n) is 2.22. The number of benzene rings is 1. The molecule has 8 heteroatoms. The number of hydrogen-bond donors (Lipinski definition) is 1. The molecule has 1 N–H and O–H groups in total. The standard InChI is InChI=1S/C16H15FN2O3S2/c1-9-10(2)18-22-16(9)14-8-15(11(3)23-14)24(20,21)19-13-6-4-12(17)5-7-13/h4-8,19H,1-3H3. The van der Waals surface area contributed by atoms with Gasteiger partial charge in [-0.05, 0) is 51.1 Å². The second-order valence-electron chi connectivity index (χ2n) is 5.37. The van der Waals surface area contributed by atoms with Crippen LogP contribution in [-0.4, -0.2) is 13.6 Å². The Balaban J connectivity index is 1.97. The fraction of sp³-hybridized carbons (Fsp3) is 0.188. The van der Waals surface area contributed by atoms with Gasteiger partial charge in [-0.25, -0.2) is 12.8 Å². The molecule has 126 valence electrons. The van der Waals surface area contributed by atoms with Crippen molar-refractivity contribution >= 4 is 27.0 Å². The van der Waals surface area contributed by atoms with Crippen molar-refractivity contribution in [2.45, 2.75) is 25.7 Å². The number of aromatic nitrogens is 1. The first-order valence-electron chi connectivity index (χ1n) is 7.10. The van der Waals surface area contributed by atoms with Gasteiger partial charge in [0.15, 0.2) is 5.76 Å². The van der Waals surface area contributed by atoms with Gasteiger partial charge in [-0.2, -0.15) is 0 Å². The number of aryl methyl sites for hydroxylation is 2. The SMILES string of the molecule is Cc1noc(-c2cc(S(=O)(=O)Nc3ccc(F)cc3)c(C)s2)c1C. The van der Waals surface area contributed by atoms with Gasteiger partial charge in [0.2, 0.25) is 0 Å². The minimum Gasteiger partial charge on any atom is -0.355 e. The van der Waals surface area contributed by atoms with E-state index >= 15 is 0 Å². The molecular formula is C16H15FN2O3S2. The third-order valence-corrected chi connectivity index (χ3v) is 6.33. The first-order valence-corrected chi connectivity index (χ1v) is 9.40. The van der Waals surface area contributed by atoms with Crippen LogP contribution in [0.2, 0.25) is 0 Å². The van der Waals surface area contributed by atoms with Gasteiger partial charge in [0.05, 0.1) is 10.6 Å². The summed E-state index contributed by atoms with van der Waals surface area (Å²) >= 11 is 1.32. The highest BCUT2D eigenvalue weighted by molar-refractivity contribution is 7.93. The van der Waals surface area contributed by atoms with Gasteiger partial charge >= 0.3 is 0 Å². The largest absolute Gasteiger partial charge is 0.355 e. The number of hydrogen-bond acceptors (Lipinski definition) is 5. The lowest BCUT2D eigenvalue weighted by molar-refractivity contribution is 0.427. The van der Waals surface area contributed by atoms with Gasteiger partial charge < -0.3 is 4.52 Å². The van der Waals surface area contributed by atoms with Gasteiger partial charge in [-0.3, -0.25) is 4.72 Å². The zero-order chi connectivity index (χ0) is 17.5. The number of nitrogens with zero attached hydrogens (tertiary/aromatic N) is 1. The fourth-order valence-corrected chi connectivity index (χ4v) is 4.90. The van der Waals surface area contributed by atoms with E-state index in [0.717, 1.165) is 11.3 Å². The minimum absolute atomic E-state index is 0.167. The highest BCUT2D eigenvalue weighted by atomic mass is 32.2. The number of halogens is 1. The summed E-state index contributed by atoms with van der Waals surface area (Å²) in [6.07, 6.45) is 0. The van der Waals surface area contributed by atoms with Crippen LogP contribution >= 0.6 is 11.3 Å². The summed E-state index contributed by atoms with van der Waals surface area (Å²) < 4.78 is 45.9. The normalized spacial score (nSPS) is 11.7. The van der Waals surface area contributed by atoms with Crippen LogP contribution < -0.4 is 4.72 Å². The molecule has 0 unspecified atom stereocenters. The van der Waals surface area contributed by atoms with Gasteiger partial charge in [0.25, 0.3) is 10.0 Å². The Hall–Kier alpha value is -2.19. The van der Waals surface area contributed by atoms with Crippen molar-refractivity contribution in [1.82, 2.24) is 5.16 Å². The molecule has 0 amide bonds. The Morgan fingerprint density at radius 2 is 1.83 bits per heavy atom. The first kappa shape index (κ1) is 16.7. The average molecular weight is 366 g/mol. The molecule has 0 aliphatic rings. The average Bonchev–Trinajstić information content (AvgIpc) is 3.06. The zero-order valence-corrected chi connectivity index (χ0v) is 14.9. The summed E-state index contributed by atoms with van der Waals surface area (Å²) in [5, 5.41) is 3.90. The second kappa shape index (κ2) is 6.03. The predicted molar refractivity (Wildman–Crippen MR) is 91.2 cm³/mol. The third-order valence-electron chi connectivity index (χ3n) is 3.64. The highest BCUT2D eigenvalue weighted by Gasteiger charge is 2.23. The smallest absolute Gasteiger partial charge is 0.263 e. The molecule has 0 spiro atoms. The van der Waals surface area contributed by atoms with Crippen LogP contribution in [0.1, 0.15) is 16.1 Å². The van der Waals surface area contributed by atoms with E-state index in [1.165, 1.54) is 35.6 Å². The van der Waals surface area contributed by atoms with Crippen molar-refractivity contribution in [3.8, 4) is 10.6 Å². The monoisotopic (exact) mass is 366 g/mol. The maximum absolute atomic E-state index is 12.9. The van der Waals surface area contributed by atoms with E-state index in [2.05, 4.69) is 9.88 Å². The van der Waals surface area contributed by atoms with Crippen LogP contribution in [0.5, 0.6) is 0 Å². The van der Waals surface area contributed by atoms with E-state index < -0.39 is 15.8 Å². The van der Waals surface area contributed by atoms with E-state index in [1.54, 1.807) is 13.0 Å². The molecule has 2 heterocycles. The Kier molecular flexibility index (Phi) is 4.18. The van der Waals surface area contributed by atoms with Crippen molar-refractivity contribution in [2.24, 2.45) is 0 Å². The van der Waals surface area contributed by atoms with Gasteiger partial charge in [-0.15, -0.1) is 11.3 Å². The first-order chi connectivity index (χ1) is 11.3. The number of sulfonamides is 1. The lowest BCUT2D eigenvalue weighted by Gasteiger charge is -2.07. The molecular weight excluding hydrogens is 351 g/mol. The zero-order valence-electron chi connectivity index (χ0n) is 13.3. The molecule has 24 heavy (non-hydrogen) atoms. The summed E-state index contributed by atoms with van der Waals surface area (Å²) in [6, 6.07) is 6.71. The predicted octanol–water partition coefficient (Wildman–Crippen LogP) is 4.27. The van der Waals surface area contributed by atoms with Gasteiger partial charge in [-0.1, -0.05) is 5.16 Å². The second-order valence-corrected chi connectivity index (χ2v) is 8.27. The van der Waals surface area contributed by atoms with Crippen LogP contribution in [0.4, 0.5) is 10.1 Å². The number of thiophene rings is 1. The summed E-state index contributed by atoms with van der Waals surface area (Å²) in [6.45, 7) is 5.43. The maximum atomic E-state index is 12.9. The molecule has 5 nitrogen and oxygen atoms in total. The molecule has 0 saturated heterocycles. The van der Waals surface area contributed by atoms with Crippen LogP contribution in [0.15, 0.2) is 39.8 Å². The molecule has 0 saturated carbocycles. The van der Waals surface area contributed by atoms with Crippen molar-refractivity contribution in [3.63, 3.8) is 0 Å². The van der Waals surface area contributed by atoms with Crippen LogP contribution in [-0.2, 0) is 10.0 Å². The molecule has 0 bridgehead atoms. The molecule has 1 aromatic carbocycles. The topological polar surface area (TPSA) is 72.2 Å². The van der Waals surface area contributed by atoms with E-state index in [4.69, 9.17) is 4.52 Å². The molecule has 3 aromatic rings. The molecule has 0 radical (unpaired) electrons. The molecule has 2 aromatic heterocycles. The van der Waals surface area contributed by atoms with Crippen molar-refractivity contribution in [3.05, 3.63) is 52.3 Å². The van der Waals surface area contributed by atoms with E-state index in [0.29, 0.717) is 21.2 Å². The molecule has 0 fully saturated rings. The summed E-state index contributed by atoms with van der Waals surface area (Å²) in [4.78, 5) is 1.50. The van der Waals surface area contributed by atoms with E-state index in [9.17, 15) is 12.8 Å². The Bertz CT molecular complexity index is 989. The Labute approximate surface area is 143 Å². The third kappa shape index (κ3) is 3.07. The van der Waals surface area contributed by atoms with Gasteiger partial charge in [0, 0.05) is 16.1 Å². The minimum atomic E-state index is -3.77. The molecule has 3 rings (SSSR count). The summed E-state index contributed by atoms with van der Waals surface area (Å²) in [7, 11) is -3.77. The lowest BCUT2D eigenvalue weighted by atomic mass is 10.2. The van der Waals surface area contributed by atoms with Crippen LogP contribution in [0.25, 0.3) is 10.6 Å². The van der Waals surface area contributed by atoms with Gasteiger partial charge in [0.1, 0.15) is 10.7 Å². The highest BCUT2D eigenvalue weighted by Crippen LogP contribution is 2.36. The maximum Gasteiger partial charge on any atom is 0.263 e. The Morgan fingerprint density at radius 1 is 1.17 bits per heavy atom. The molecule has 0 aliphatic heterocycles. The van der Waals surface area contributed by atoms with E-state index in [-0.39, 0.29) is 4.90 Å². The van der Waals surface area contributed by atoms with Crippen LogP contribution in [0.3, 0.4) is 0 Å². The molecule has 0 aliphatic carbocycles. The molecule has 0 atom stereocenters. The van der Waals surface area contributed by atoms with Crippen molar-refractivity contribution in [2.75, 3.05) is 4.72 Å². The number of anilines is 1. The quantitative estimate of drug-likeness (QED) is 0.748. The number of rotatable bonds is 4.